The lowest BCUT2D eigenvalue weighted by atomic mass is 9.98. The maximum absolute atomic E-state index is 13.0. The lowest BCUT2D eigenvalue weighted by Crippen LogP contribution is -2.41. The van der Waals surface area contributed by atoms with E-state index in [1.165, 1.54) is 11.3 Å². The van der Waals surface area contributed by atoms with Crippen molar-refractivity contribution in [1.82, 2.24) is 14.5 Å². The molecule has 0 saturated heterocycles. The molecule has 0 saturated carbocycles. The smallest absolute Gasteiger partial charge is 0.227 e. The van der Waals surface area contributed by atoms with Crippen LogP contribution in [0.3, 0.4) is 0 Å². The van der Waals surface area contributed by atoms with Crippen molar-refractivity contribution in [2.24, 2.45) is 0 Å². The Bertz CT molecular complexity index is 957. The number of benzene rings is 1. The Morgan fingerprint density at radius 1 is 1.16 bits per heavy atom. The first-order chi connectivity index (χ1) is 12.1. The minimum Gasteiger partial charge on any atom is -0.348 e. The third-order valence-corrected chi connectivity index (χ3v) is 5.48. The number of hydrogen-bond donors (Lipinski definition) is 0. The average molecular weight is 333 g/mol. The quantitative estimate of drug-likeness (QED) is 0.715. The Morgan fingerprint density at radius 2 is 1.96 bits per heavy atom. The summed E-state index contributed by atoms with van der Waals surface area (Å²) in [6, 6.07) is 12.4. The molecule has 1 aliphatic heterocycles. The third-order valence-electron chi connectivity index (χ3n) is 5.48. The highest BCUT2D eigenvalue weighted by Gasteiger charge is 2.28. The molecule has 2 aromatic heterocycles. The van der Waals surface area contributed by atoms with Crippen molar-refractivity contribution in [3.8, 4) is 0 Å². The van der Waals surface area contributed by atoms with Gasteiger partial charge in [0.2, 0.25) is 5.91 Å². The number of carbonyl (C=O) groups excluding carboxylic acids is 1. The molecular formula is C21H23N3O. The maximum atomic E-state index is 13.0. The highest BCUT2D eigenvalue weighted by Crippen LogP contribution is 2.28. The molecule has 0 fully saturated rings. The summed E-state index contributed by atoms with van der Waals surface area (Å²) in [5, 5.41) is 1.14. The van der Waals surface area contributed by atoms with Crippen LogP contribution in [0.5, 0.6) is 0 Å². The average Bonchev–Trinajstić information content (AvgIpc) is 3.08. The number of fused-ring (bicyclic) bond motifs is 2. The van der Waals surface area contributed by atoms with Crippen LogP contribution in [0, 0.1) is 13.8 Å². The zero-order chi connectivity index (χ0) is 17.6. The third kappa shape index (κ3) is 2.62. The molecule has 0 bridgehead atoms. The molecule has 0 N–H and O–H groups in total. The van der Waals surface area contributed by atoms with Gasteiger partial charge in [0, 0.05) is 36.1 Å². The van der Waals surface area contributed by atoms with Crippen LogP contribution in [-0.4, -0.2) is 26.9 Å². The molecule has 0 aliphatic carbocycles. The number of hydrogen-bond acceptors (Lipinski definition) is 2. The van der Waals surface area contributed by atoms with E-state index in [0.717, 1.165) is 35.2 Å². The van der Waals surface area contributed by atoms with Gasteiger partial charge in [0.05, 0.1) is 18.0 Å². The molecular weight excluding hydrogens is 310 g/mol. The fourth-order valence-corrected chi connectivity index (χ4v) is 4.00. The van der Waals surface area contributed by atoms with Gasteiger partial charge in [0.1, 0.15) is 0 Å². The van der Waals surface area contributed by atoms with Gasteiger partial charge in [-0.1, -0.05) is 18.2 Å². The molecule has 4 rings (SSSR count). The van der Waals surface area contributed by atoms with E-state index in [1.54, 1.807) is 0 Å². The van der Waals surface area contributed by atoms with Crippen LogP contribution in [0.25, 0.3) is 10.9 Å². The van der Waals surface area contributed by atoms with Crippen molar-refractivity contribution in [2.45, 2.75) is 39.8 Å². The van der Waals surface area contributed by atoms with Crippen molar-refractivity contribution >= 4 is 16.8 Å². The second-order valence-corrected chi connectivity index (χ2v) is 6.88. The maximum Gasteiger partial charge on any atom is 0.227 e. The fraction of sp³-hybridized carbons (Fsp3) is 0.333. The topological polar surface area (TPSA) is 38.1 Å². The molecule has 0 radical (unpaired) electrons. The zero-order valence-corrected chi connectivity index (χ0v) is 15.0. The Morgan fingerprint density at radius 3 is 2.80 bits per heavy atom. The Hall–Kier alpha value is -2.62. The van der Waals surface area contributed by atoms with Crippen molar-refractivity contribution in [1.29, 1.82) is 0 Å². The van der Waals surface area contributed by atoms with Crippen LogP contribution in [0.4, 0.5) is 0 Å². The number of pyridine rings is 1. The highest BCUT2D eigenvalue weighted by atomic mass is 16.2. The molecule has 0 spiro atoms. The summed E-state index contributed by atoms with van der Waals surface area (Å²) in [6.45, 7) is 7.85. The molecule has 3 aromatic rings. The summed E-state index contributed by atoms with van der Waals surface area (Å²) < 4.78 is 2.24. The van der Waals surface area contributed by atoms with Crippen LogP contribution in [0.2, 0.25) is 0 Å². The number of para-hydroxylation sites is 1. The van der Waals surface area contributed by atoms with E-state index in [0.29, 0.717) is 6.42 Å². The summed E-state index contributed by atoms with van der Waals surface area (Å²) in [4.78, 5) is 19.7. The van der Waals surface area contributed by atoms with Gasteiger partial charge in [-0.2, -0.15) is 0 Å². The number of carbonyl (C=O) groups is 1. The molecule has 1 amide bonds. The number of aromatic nitrogens is 2. The van der Waals surface area contributed by atoms with Crippen molar-refractivity contribution in [3.63, 3.8) is 0 Å². The zero-order valence-electron chi connectivity index (χ0n) is 15.0. The van der Waals surface area contributed by atoms with Crippen molar-refractivity contribution in [3.05, 3.63) is 65.1 Å². The highest BCUT2D eigenvalue weighted by molar-refractivity contribution is 5.86. The molecule has 3 heterocycles. The van der Waals surface area contributed by atoms with Gasteiger partial charge in [-0.25, -0.2) is 0 Å². The SMILES string of the molecule is Cc1nc2ccccc2c(C)c1CC(=O)N1CCn2cccc2C1C. The van der Waals surface area contributed by atoms with E-state index >= 15 is 0 Å². The van der Waals surface area contributed by atoms with Crippen LogP contribution >= 0.6 is 0 Å². The number of aryl methyl sites for hydroxylation is 2. The summed E-state index contributed by atoms with van der Waals surface area (Å²) in [5.41, 5.74) is 5.40. The van der Waals surface area contributed by atoms with E-state index < -0.39 is 0 Å². The lowest BCUT2D eigenvalue weighted by molar-refractivity contribution is -0.133. The number of nitrogens with zero attached hydrogens (tertiary/aromatic N) is 3. The van der Waals surface area contributed by atoms with Crippen LogP contribution in [0.1, 0.15) is 35.5 Å². The minimum absolute atomic E-state index is 0.116. The van der Waals surface area contributed by atoms with Gasteiger partial charge >= 0.3 is 0 Å². The summed E-state index contributed by atoms with van der Waals surface area (Å²) >= 11 is 0. The van der Waals surface area contributed by atoms with E-state index in [2.05, 4.69) is 42.8 Å². The van der Waals surface area contributed by atoms with Gasteiger partial charge in [-0.15, -0.1) is 0 Å². The molecule has 1 unspecified atom stereocenters. The normalized spacial score (nSPS) is 16.9. The van der Waals surface area contributed by atoms with Crippen LogP contribution in [-0.2, 0) is 17.8 Å². The first kappa shape index (κ1) is 15.9. The minimum atomic E-state index is 0.116. The summed E-state index contributed by atoms with van der Waals surface area (Å²) in [7, 11) is 0. The Balaban J connectivity index is 1.64. The molecule has 1 aliphatic rings. The molecule has 4 nitrogen and oxygen atoms in total. The lowest BCUT2D eigenvalue weighted by Gasteiger charge is -2.35. The molecule has 1 aromatic carbocycles. The first-order valence-corrected chi connectivity index (χ1v) is 8.85. The second-order valence-electron chi connectivity index (χ2n) is 6.88. The van der Waals surface area contributed by atoms with Gasteiger partial charge in [-0.05, 0) is 50.1 Å². The van der Waals surface area contributed by atoms with E-state index in [9.17, 15) is 4.79 Å². The van der Waals surface area contributed by atoms with Gasteiger partial charge in [0.15, 0.2) is 0 Å². The Kier molecular flexibility index (Phi) is 3.83. The molecule has 4 heteroatoms. The van der Waals surface area contributed by atoms with Gasteiger partial charge in [-0.3, -0.25) is 9.78 Å². The standard InChI is InChI=1S/C21H23N3O/c1-14-17-7-4-5-8-19(17)22-15(2)18(14)13-21(25)24-12-11-23-10-6-9-20(23)16(24)3/h4-10,16H,11-13H2,1-3H3. The largest absolute Gasteiger partial charge is 0.348 e. The predicted octanol–water partition coefficient (Wildman–Crippen LogP) is 3.80. The number of amides is 1. The fourth-order valence-electron chi connectivity index (χ4n) is 4.00. The van der Waals surface area contributed by atoms with Crippen molar-refractivity contribution < 1.29 is 4.79 Å². The molecule has 1 atom stereocenters. The monoisotopic (exact) mass is 333 g/mol. The van der Waals surface area contributed by atoms with Gasteiger partial charge in [0.25, 0.3) is 0 Å². The Labute approximate surface area is 148 Å². The molecule has 128 valence electrons. The summed E-state index contributed by atoms with van der Waals surface area (Å²) in [5.74, 6) is 0.184. The van der Waals surface area contributed by atoms with Gasteiger partial charge < -0.3 is 9.47 Å². The van der Waals surface area contributed by atoms with Crippen molar-refractivity contribution in [2.75, 3.05) is 6.54 Å². The van der Waals surface area contributed by atoms with Crippen LogP contribution in [0.15, 0.2) is 42.6 Å². The second kappa shape index (κ2) is 6.03. The molecule has 25 heavy (non-hydrogen) atoms. The van der Waals surface area contributed by atoms with Crippen LogP contribution < -0.4 is 0 Å². The van der Waals surface area contributed by atoms with E-state index in [-0.39, 0.29) is 11.9 Å². The number of rotatable bonds is 2. The van der Waals surface area contributed by atoms with E-state index in [1.807, 2.05) is 30.0 Å². The predicted molar refractivity (Wildman–Crippen MR) is 99.5 cm³/mol. The van der Waals surface area contributed by atoms with E-state index in [4.69, 9.17) is 4.98 Å². The first-order valence-electron chi connectivity index (χ1n) is 8.85. The summed E-state index contributed by atoms with van der Waals surface area (Å²) in [6.07, 6.45) is 2.51.